The Kier molecular flexibility index (Phi) is 5.21. The number of nitro benzene ring substituents is 1. The minimum Gasteiger partial charge on any atom is -0.319 e. The zero-order valence-electron chi connectivity index (χ0n) is 17.4. The molecule has 2 aromatic carbocycles. The van der Waals surface area contributed by atoms with Crippen molar-refractivity contribution in [2.45, 2.75) is 27.3 Å². The van der Waals surface area contributed by atoms with Gasteiger partial charge in [-0.25, -0.2) is 9.67 Å². The molecule has 0 atom stereocenters. The fraction of sp³-hybridized carbons (Fsp3) is 0.174. The van der Waals surface area contributed by atoms with E-state index in [9.17, 15) is 14.9 Å². The number of benzene rings is 2. The van der Waals surface area contributed by atoms with Crippen molar-refractivity contribution in [3.8, 4) is 11.1 Å². The Morgan fingerprint density at radius 2 is 1.87 bits per heavy atom. The van der Waals surface area contributed by atoms with E-state index in [1.54, 1.807) is 19.2 Å². The molecule has 8 nitrogen and oxygen atoms in total. The van der Waals surface area contributed by atoms with Gasteiger partial charge in [0.15, 0.2) is 5.65 Å². The summed E-state index contributed by atoms with van der Waals surface area (Å²) in [7, 11) is 0. The molecule has 1 N–H and O–H groups in total. The van der Waals surface area contributed by atoms with E-state index in [1.807, 2.05) is 38.1 Å². The lowest BCUT2D eigenvalue weighted by molar-refractivity contribution is -0.384. The van der Waals surface area contributed by atoms with Crippen molar-refractivity contribution in [2.24, 2.45) is 0 Å². The number of amides is 1. The average molecular weight is 415 g/mol. The highest BCUT2D eigenvalue weighted by molar-refractivity contribution is 5.97. The van der Waals surface area contributed by atoms with E-state index in [-0.39, 0.29) is 17.9 Å². The van der Waals surface area contributed by atoms with Crippen molar-refractivity contribution in [1.82, 2.24) is 14.8 Å². The van der Waals surface area contributed by atoms with Crippen LogP contribution >= 0.6 is 0 Å². The van der Waals surface area contributed by atoms with Crippen LogP contribution in [-0.2, 0) is 11.3 Å². The third kappa shape index (κ3) is 4.00. The van der Waals surface area contributed by atoms with Crippen molar-refractivity contribution in [3.05, 3.63) is 81.7 Å². The molecule has 0 bridgehead atoms. The Labute approximate surface area is 178 Å². The van der Waals surface area contributed by atoms with Gasteiger partial charge in [-0.1, -0.05) is 35.9 Å². The summed E-state index contributed by atoms with van der Waals surface area (Å²) in [5, 5.41) is 19.3. The molecule has 0 fully saturated rings. The summed E-state index contributed by atoms with van der Waals surface area (Å²) in [5.41, 5.74) is 5.29. The molecule has 4 aromatic rings. The van der Waals surface area contributed by atoms with Gasteiger partial charge in [-0.2, -0.15) is 5.10 Å². The number of nitrogens with zero attached hydrogens (tertiary/aromatic N) is 4. The van der Waals surface area contributed by atoms with Gasteiger partial charge >= 0.3 is 0 Å². The number of aromatic nitrogens is 3. The topological polar surface area (TPSA) is 103 Å². The zero-order valence-corrected chi connectivity index (χ0v) is 17.4. The van der Waals surface area contributed by atoms with Crippen LogP contribution < -0.4 is 5.32 Å². The number of hydrogen-bond donors (Lipinski definition) is 1. The lowest BCUT2D eigenvalue weighted by atomic mass is 10.0. The van der Waals surface area contributed by atoms with E-state index >= 15 is 0 Å². The highest BCUT2D eigenvalue weighted by Gasteiger charge is 2.19. The second kappa shape index (κ2) is 7.98. The van der Waals surface area contributed by atoms with Crippen molar-refractivity contribution in [3.63, 3.8) is 0 Å². The van der Waals surface area contributed by atoms with Gasteiger partial charge in [0.25, 0.3) is 5.69 Å². The molecule has 0 aliphatic heterocycles. The van der Waals surface area contributed by atoms with E-state index in [0.717, 1.165) is 33.3 Å². The normalized spacial score (nSPS) is 10.9. The lowest BCUT2D eigenvalue weighted by Gasteiger charge is -2.08. The number of fused-ring (bicyclic) bond motifs is 1. The summed E-state index contributed by atoms with van der Waals surface area (Å²) in [6.45, 7) is 5.56. The van der Waals surface area contributed by atoms with Crippen LogP contribution in [0.3, 0.4) is 0 Å². The van der Waals surface area contributed by atoms with Crippen LogP contribution in [0, 0.1) is 30.9 Å². The molecule has 4 rings (SSSR count). The van der Waals surface area contributed by atoms with Gasteiger partial charge in [0, 0.05) is 17.6 Å². The molecule has 31 heavy (non-hydrogen) atoms. The maximum Gasteiger partial charge on any atom is 0.293 e. The van der Waals surface area contributed by atoms with E-state index in [4.69, 9.17) is 0 Å². The van der Waals surface area contributed by atoms with Gasteiger partial charge in [-0.3, -0.25) is 14.9 Å². The number of aryl methyl sites for hydroxylation is 3. The molecule has 0 spiro atoms. The Balaban J connectivity index is 1.67. The number of nitrogens with one attached hydrogen (secondary N) is 1. The minimum absolute atomic E-state index is 0.111. The van der Waals surface area contributed by atoms with E-state index < -0.39 is 10.8 Å². The van der Waals surface area contributed by atoms with Crippen LogP contribution in [0.15, 0.2) is 54.7 Å². The molecule has 2 heterocycles. The standard InChI is InChI=1S/C23H21N5O3/c1-14-5-4-6-17(11-14)18-9-10-24-23-22(18)16(3)26-27(23)13-21(29)25-19-8-7-15(2)12-20(19)28(30)31/h4-12H,13H2,1-3H3,(H,25,29). The van der Waals surface area contributed by atoms with E-state index in [0.29, 0.717) is 5.65 Å². The van der Waals surface area contributed by atoms with Crippen LogP contribution in [0.1, 0.15) is 16.8 Å². The number of carbonyl (C=O) groups excluding carboxylic acids is 1. The Hall–Kier alpha value is -4.07. The second-order valence-corrected chi connectivity index (χ2v) is 7.50. The quantitative estimate of drug-likeness (QED) is 0.380. The monoisotopic (exact) mass is 415 g/mol. The van der Waals surface area contributed by atoms with Crippen LogP contribution in [-0.4, -0.2) is 25.6 Å². The predicted octanol–water partition coefficient (Wildman–Crippen LogP) is 4.57. The minimum atomic E-state index is -0.508. The summed E-state index contributed by atoms with van der Waals surface area (Å²) in [6.07, 6.45) is 1.69. The molecule has 0 saturated carbocycles. The third-order valence-corrected chi connectivity index (χ3v) is 5.05. The van der Waals surface area contributed by atoms with Gasteiger partial charge in [0.05, 0.1) is 10.6 Å². The zero-order chi connectivity index (χ0) is 22.1. The first-order chi connectivity index (χ1) is 14.8. The molecule has 0 radical (unpaired) electrons. The Morgan fingerprint density at radius 1 is 1.10 bits per heavy atom. The second-order valence-electron chi connectivity index (χ2n) is 7.50. The van der Waals surface area contributed by atoms with Crippen LogP contribution in [0.25, 0.3) is 22.2 Å². The molecule has 8 heteroatoms. The van der Waals surface area contributed by atoms with Crippen LogP contribution in [0.2, 0.25) is 0 Å². The SMILES string of the molecule is Cc1cccc(-c2ccnc3c2c(C)nn3CC(=O)Nc2ccc(C)cc2[N+](=O)[O-])c1. The van der Waals surface area contributed by atoms with Crippen molar-refractivity contribution in [2.75, 3.05) is 5.32 Å². The molecular weight excluding hydrogens is 394 g/mol. The smallest absolute Gasteiger partial charge is 0.293 e. The molecule has 2 aromatic heterocycles. The first kappa shape index (κ1) is 20.2. The number of hydrogen-bond acceptors (Lipinski definition) is 5. The molecular formula is C23H21N5O3. The first-order valence-electron chi connectivity index (χ1n) is 9.77. The van der Waals surface area contributed by atoms with Crippen molar-refractivity contribution < 1.29 is 9.72 Å². The lowest BCUT2D eigenvalue weighted by Crippen LogP contribution is -2.20. The summed E-state index contributed by atoms with van der Waals surface area (Å²) >= 11 is 0. The fourth-order valence-electron chi connectivity index (χ4n) is 3.67. The maximum absolute atomic E-state index is 12.7. The fourth-order valence-corrected chi connectivity index (χ4v) is 3.67. The van der Waals surface area contributed by atoms with Gasteiger partial charge < -0.3 is 5.32 Å². The maximum atomic E-state index is 12.7. The molecule has 0 aliphatic rings. The predicted molar refractivity (Wildman–Crippen MR) is 119 cm³/mol. The largest absolute Gasteiger partial charge is 0.319 e. The number of nitro groups is 1. The van der Waals surface area contributed by atoms with Crippen molar-refractivity contribution in [1.29, 1.82) is 0 Å². The molecule has 156 valence electrons. The van der Waals surface area contributed by atoms with Crippen molar-refractivity contribution >= 4 is 28.3 Å². The van der Waals surface area contributed by atoms with Gasteiger partial charge in [0.2, 0.25) is 5.91 Å². The number of carbonyl (C=O) groups is 1. The van der Waals surface area contributed by atoms with Gasteiger partial charge in [-0.15, -0.1) is 0 Å². The Bertz CT molecular complexity index is 1330. The average Bonchev–Trinajstić information content (AvgIpc) is 3.04. The number of pyridine rings is 1. The molecule has 0 unspecified atom stereocenters. The highest BCUT2D eigenvalue weighted by atomic mass is 16.6. The third-order valence-electron chi connectivity index (χ3n) is 5.05. The van der Waals surface area contributed by atoms with Crippen LogP contribution in [0.4, 0.5) is 11.4 Å². The van der Waals surface area contributed by atoms with E-state index in [1.165, 1.54) is 16.8 Å². The van der Waals surface area contributed by atoms with Crippen LogP contribution in [0.5, 0.6) is 0 Å². The van der Waals surface area contributed by atoms with Gasteiger partial charge in [-0.05, 0) is 49.6 Å². The summed E-state index contributed by atoms with van der Waals surface area (Å²) < 4.78 is 1.53. The first-order valence-corrected chi connectivity index (χ1v) is 9.77. The van der Waals surface area contributed by atoms with E-state index in [2.05, 4.69) is 21.5 Å². The summed E-state index contributed by atoms with van der Waals surface area (Å²) in [6, 6.07) is 14.8. The Morgan fingerprint density at radius 3 is 2.61 bits per heavy atom. The van der Waals surface area contributed by atoms with Gasteiger partial charge in [0.1, 0.15) is 12.2 Å². The molecule has 1 amide bonds. The summed E-state index contributed by atoms with van der Waals surface area (Å²) in [5.74, 6) is -0.417. The molecule has 0 aliphatic carbocycles. The summed E-state index contributed by atoms with van der Waals surface area (Å²) in [4.78, 5) is 27.9. The number of anilines is 1. The number of rotatable bonds is 5. The highest BCUT2D eigenvalue weighted by Crippen LogP contribution is 2.30. The molecule has 0 saturated heterocycles.